The third kappa shape index (κ3) is 2.91. The lowest BCUT2D eigenvalue weighted by Gasteiger charge is -2.01. The molecule has 2 rings (SSSR count). The van der Waals surface area contributed by atoms with Gasteiger partial charge < -0.3 is 10.9 Å². The molecule has 0 aliphatic rings. The van der Waals surface area contributed by atoms with Crippen molar-refractivity contribution in [3.8, 4) is 0 Å². The summed E-state index contributed by atoms with van der Waals surface area (Å²) in [4.78, 5) is 12.2. The third-order valence-corrected chi connectivity index (χ3v) is 2.76. The molecule has 0 aromatic carbocycles. The van der Waals surface area contributed by atoms with Crippen LogP contribution in [0.4, 0.5) is 0 Å². The van der Waals surface area contributed by atoms with Crippen molar-refractivity contribution < 1.29 is 5.21 Å². The van der Waals surface area contributed by atoms with Crippen molar-refractivity contribution in [3.63, 3.8) is 0 Å². The zero-order valence-corrected chi connectivity index (χ0v) is 9.50. The number of pyridine rings is 1. The van der Waals surface area contributed by atoms with Crippen LogP contribution in [0.2, 0.25) is 0 Å². The summed E-state index contributed by atoms with van der Waals surface area (Å²) < 4.78 is 0. The van der Waals surface area contributed by atoms with E-state index in [1.165, 1.54) is 18.0 Å². The smallest absolute Gasteiger partial charge is 0.171 e. The molecular formula is C10H9N5OS. The number of nitrogens with two attached hydrogens (primary N) is 1. The van der Waals surface area contributed by atoms with Crippen LogP contribution in [-0.2, 0) is 0 Å². The molecule has 2 heterocycles. The molecular weight excluding hydrogens is 238 g/mol. The normalized spacial score (nSPS) is 11.4. The first-order valence-electron chi connectivity index (χ1n) is 4.67. The molecule has 0 bridgehead atoms. The van der Waals surface area contributed by atoms with E-state index in [1.54, 1.807) is 30.7 Å². The predicted octanol–water partition coefficient (Wildman–Crippen LogP) is 1.12. The summed E-state index contributed by atoms with van der Waals surface area (Å²) in [6.45, 7) is 0. The molecule has 17 heavy (non-hydrogen) atoms. The summed E-state index contributed by atoms with van der Waals surface area (Å²) in [6, 6.07) is 3.49. The third-order valence-electron chi connectivity index (χ3n) is 1.89. The molecule has 0 aliphatic heterocycles. The van der Waals surface area contributed by atoms with E-state index in [9.17, 15) is 0 Å². The largest absolute Gasteiger partial charge is 0.409 e. The maximum absolute atomic E-state index is 8.50. The maximum Gasteiger partial charge on any atom is 0.171 e. The molecule has 0 fully saturated rings. The molecule has 86 valence electrons. The lowest BCUT2D eigenvalue weighted by atomic mass is 10.3. The molecule has 0 radical (unpaired) electrons. The molecule has 0 spiro atoms. The Morgan fingerprint density at radius 1 is 1.18 bits per heavy atom. The molecule has 0 saturated heterocycles. The summed E-state index contributed by atoms with van der Waals surface area (Å²) >= 11 is 1.39. The van der Waals surface area contributed by atoms with Gasteiger partial charge in [0.25, 0.3) is 0 Å². The van der Waals surface area contributed by atoms with Crippen LogP contribution in [-0.4, -0.2) is 26.0 Å². The van der Waals surface area contributed by atoms with Gasteiger partial charge in [-0.05, 0) is 23.9 Å². The Hall–Kier alpha value is -2.15. The number of hydrogen-bond acceptors (Lipinski definition) is 6. The van der Waals surface area contributed by atoms with Crippen molar-refractivity contribution >= 4 is 17.6 Å². The first-order valence-corrected chi connectivity index (χ1v) is 5.49. The number of aromatic nitrogens is 3. The fraction of sp³-hybridized carbons (Fsp3) is 0. The van der Waals surface area contributed by atoms with Gasteiger partial charge in [0.15, 0.2) is 5.84 Å². The van der Waals surface area contributed by atoms with Crippen molar-refractivity contribution in [2.45, 2.75) is 10.1 Å². The second-order valence-electron chi connectivity index (χ2n) is 3.02. The minimum absolute atomic E-state index is 0.0357. The van der Waals surface area contributed by atoms with Gasteiger partial charge in [0.05, 0.1) is 6.20 Å². The molecule has 0 aliphatic carbocycles. The van der Waals surface area contributed by atoms with Crippen LogP contribution in [0.3, 0.4) is 0 Å². The molecule has 0 saturated carbocycles. The van der Waals surface area contributed by atoms with Crippen LogP contribution < -0.4 is 5.73 Å². The van der Waals surface area contributed by atoms with Gasteiger partial charge in [-0.1, -0.05) is 5.16 Å². The highest BCUT2D eigenvalue weighted by Gasteiger charge is 2.02. The van der Waals surface area contributed by atoms with Crippen LogP contribution in [0.1, 0.15) is 5.56 Å². The monoisotopic (exact) mass is 247 g/mol. The second-order valence-corrected chi connectivity index (χ2v) is 4.06. The first-order chi connectivity index (χ1) is 8.29. The number of hydrogen-bond donors (Lipinski definition) is 2. The Morgan fingerprint density at radius 3 is 2.65 bits per heavy atom. The van der Waals surface area contributed by atoms with Gasteiger partial charge >= 0.3 is 0 Å². The van der Waals surface area contributed by atoms with Crippen LogP contribution in [0.5, 0.6) is 0 Å². The van der Waals surface area contributed by atoms with Crippen molar-refractivity contribution in [2.75, 3.05) is 0 Å². The zero-order chi connectivity index (χ0) is 12.1. The van der Waals surface area contributed by atoms with Crippen molar-refractivity contribution in [3.05, 3.63) is 42.5 Å². The Labute approximate surface area is 102 Å². The highest BCUT2D eigenvalue weighted by molar-refractivity contribution is 7.99. The lowest BCUT2D eigenvalue weighted by Crippen LogP contribution is -2.13. The van der Waals surface area contributed by atoms with E-state index in [0.29, 0.717) is 5.56 Å². The quantitative estimate of drug-likeness (QED) is 0.365. The summed E-state index contributed by atoms with van der Waals surface area (Å²) in [5.74, 6) is 0.0357. The van der Waals surface area contributed by atoms with Gasteiger partial charge in [0.1, 0.15) is 10.1 Å². The Balaban J connectivity index is 2.14. The Kier molecular flexibility index (Phi) is 3.51. The van der Waals surface area contributed by atoms with E-state index < -0.39 is 0 Å². The summed E-state index contributed by atoms with van der Waals surface area (Å²) in [5, 5.41) is 12.9. The number of rotatable bonds is 3. The summed E-state index contributed by atoms with van der Waals surface area (Å²) in [6.07, 6.45) is 6.42. The SMILES string of the molecule is NC(=NO)c1ccc(Sc2cnccn2)nc1. The van der Waals surface area contributed by atoms with E-state index in [-0.39, 0.29) is 5.84 Å². The van der Waals surface area contributed by atoms with Gasteiger partial charge in [-0.25, -0.2) is 9.97 Å². The fourth-order valence-electron chi connectivity index (χ4n) is 1.10. The number of nitrogens with zero attached hydrogens (tertiary/aromatic N) is 4. The minimum atomic E-state index is 0.0357. The summed E-state index contributed by atoms with van der Waals surface area (Å²) in [5.41, 5.74) is 5.99. The van der Waals surface area contributed by atoms with Crippen LogP contribution >= 0.6 is 11.8 Å². The van der Waals surface area contributed by atoms with Gasteiger partial charge in [0, 0.05) is 24.2 Å². The average molecular weight is 247 g/mol. The van der Waals surface area contributed by atoms with E-state index in [1.807, 2.05) is 0 Å². The minimum Gasteiger partial charge on any atom is -0.409 e. The fourth-order valence-corrected chi connectivity index (χ4v) is 1.78. The Morgan fingerprint density at radius 2 is 2.06 bits per heavy atom. The van der Waals surface area contributed by atoms with E-state index in [0.717, 1.165) is 10.1 Å². The first kappa shape index (κ1) is 11.3. The maximum atomic E-state index is 8.50. The van der Waals surface area contributed by atoms with Crippen LogP contribution in [0, 0.1) is 0 Å². The van der Waals surface area contributed by atoms with E-state index in [4.69, 9.17) is 10.9 Å². The molecule has 0 amide bonds. The molecule has 2 aromatic rings. The van der Waals surface area contributed by atoms with Crippen molar-refractivity contribution in [2.24, 2.45) is 10.9 Å². The van der Waals surface area contributed by atoms with Gasteiger partial charge in [-0.2, -0.15) is 0 Å². The zero-order valence-electron chi connectivity index (χ0n) is 8.69. The highest BCUT2D eigenvalue weighted by atomic mass is 32.2. The Bertz CT molecular complexity index is 514. The molecule has 6 nitrogen and oxygen atoms in total. The molecule has 7 heteroatoms. The van der Waals surface area contributed by atoms with Crippen LogP contribution in [0.25, 0.3) is 0 Å². The predicted molar refractivity (Wildman–Crippen MR) is 62.9 cm³/mol. The topological polar surface area (TPSA) is 97.3 Å². The number of oxime groups is 1. The van der Waals surface area contributed by atoms with Gasteiger partial charge in [0.2, 0.25) is 0 Å². The molecule has 3 N–H and O–H groups in total. The average Bonchev–Trinajstić information content (AvgIpc) is 2.40. The van der Waals surface area contributed by atoms with Crippen molar-refractivity contribution in [1.82, 2.24) is 15.0 Å². The van der Waals surface area contributed by atoms with Crippen molar-refractivity contribution in [1.29, 1.82) is 0 Å². The van der Waals surface area contributed by atoms with Gasteiger partial charge in [-0.3, -0.25) is 4.98 Å². The number of amidine groups is 1. The second kappa shape index (κ2) is 5.26. The van der Waals surface area contributed by atoms with Gasteiger partial charge in [-0.15, -0.1) is 0 Å². The molecule has 0 unspecified atom stereocenters. The standard InChI is InChI=1S/C10H9N5OS/c11-10(15-16)7-1-2-8(14-5-7)17-9-6-12-3-4-13-9/h1-6,16H,(H2,11,15). The molecule has 0 atom stereocenters. The highest BCUT2D eigenvalue weighted by Crippen LogP contribution is 2.22. The van der Waals surface area contributed by atoms with E-state index >= 15 is 0 Å². The van der Waals surface area contributed by atoms with Crippen LogP contribution in [0.15, 0.2) is 52.1 Å². The lowest BCUT2D eigenvalue weighted by molar-refractivity contribution is 0.318. The summed E-state index contributed by atoms with van der Waals surface area (Å²) in [7, 11) is 0. The van der Waals surface area contributed by atoms with E-state index in [2.05, 4.69) is 20.1 Å². The molecule has 2 aromatic heterocycles.